The van der Waals surface area contributed by atoms with E-state index >= 15 is 0 Å². The van der Waals surface area contributed by atoms with Crippen molar-refractivity contribution in [2.45, 2.75) is 71.3 Å². The van der Waals surface area contributed by atoms with E-state index in [1.807, 2.05) is 6.08 Å². The van der Waals surface area contributed by atoms with E-state index in [1.165, 1.54) is 24.8 Å². The summed E-state index contributed by atoms with van der Waals surface area (Å²) < 4.78 is 0. The third kappa shape index (κ3) is 1.88. The predicted octanol–water partition coefficient (Wildman–Crippen LogP) is 4.44. The molecule has 0 aromatic rings. The number of allylic oxidation sites excluding steroid dienone is 2. The lowest BCUT2D eigenvalue weighted by Gasteiger charge is -2.59. The molecule has 4 rings (SSSR count). The molecule has 0 aromatic heterocycles. The zero-order valence-electron chi connectivity index (χ0n) is 14.8. The van der Waals surface area contributed by atoms with Gasteiger partial charge < -0.3 is 5.11 Å². The lowest BCUT2D eigenvalue weighted by atomic mass is 9.46. The number of fused-ring (bicyclic) bond motifs is 5. The summed E-state index contributed by atoms with van der Waals surface area (Å²) in [7, 11) is 0. The van der Waals surface area contributed by atoms with Crippen molar-refractivity contribution in [3.05, 3.63) is 23.8 Å². The molecular formula is C21H30O2. The van der Waals surface area contributed by atoms with Crippen molar-refractivity contribution in [1.82, 2.24) is 0 Å². The monoisotopic (exact) mass is 314 g/mol. The normalized spacial score (nSPS) is 52.5. The first-order valence-electron chi connectivity index (χ1n) is 9.35. The molecule has 0 aliphatic heterocycles. The summed E-state index contributed by atoms with van der Waals surface area (Å²) in [4.78, 5) is 12.1. The topological polar surface area (TPSA) is 37.3 Å². The van der Waals surface area contributed by atoms with Crippen LogP contribution in [0, 0.1) is 28.6 Å². The number of hydrogen-bond acceptors (Lipinski definition) is 2. The summed E-state index contributed by atoms with van der Waals surface area (Å²) in [6.45, 7) is 10.8. The number of aliphatic hydroxyl groups is 1. The molecule has 0 saturated heterocycles. The van der Waals surface area contributed by atoms with Crippen LogP contribution in [0.1, 0.15) is 65.7 Å². The largest absolute Gasteiger partial charge is 0.390 e. The number of carbonyl (C=O) groups is 1. The summed E-state index contributed by atoms with van der Waals surface area (Å²) in [6.07, 6.45) is 9.42. The summed E-state index contributed by atoms with van der Waals surface area (Å²) >= 11 is 0. The highest BCUT2D eigenvalue weighted by Crippen LogP contribution is 2.67. The van der Waals surface area contributed by atoms with Crippen LogP contribution >= 0.6 is 0 Å². The number of ketones is 1. The van der Waals surface area contributed by atoms with Gasteiger partial charge in [-0.15, -0.1) is 0 Å². The molecule has 2 nitrogen and oxygen atoms in total. The SMILES string of the molecule is C=C1C[C@]2(C)C(=CC1=O)CC[C@@H]1[C@@H]3CC[C@](C)(O)[C@@]3(C)CC[C@@H]12. The average molecular weight is 314 g/mol. The van der Waals surface area contributed by atoms with Crippen LogP contribution in [0.2, 0.25) is 0 Å². The molecule has 4 aliphatic rings. The molecule has 0 heterocycles. The highest BCUT2D eigenvalue weighted by Gasteiger charge is 2.62. The Labute approximate surface area is 140 Å². The van der Waals surface area contributed by atoms with Crippen molar-refractivity contribution in [2.24, 2.45) is 28.6 Å². The molecule has 0 bridgehead atoms. The summed E-state index contributed by atoms with van der Waals surface area (Å²) in [5, 5.41) is 10.9. The Balaban J connectivity index is 1.72. The molecule has 0 aromatic carbocycles. The Morgan fingerprint density at radius 1 is 1.13 bits per heavy atom. The van der Waals surface area contributed by atoms with Gasteiger partial charge in [-0.2, -0.15) is 0 Å². The van der Waals surface area contributed by atoms with E-state index in [9.17, 15) is 9.90 Å². The number of hydrogen-bond donors (Lipinski definition) is 1. The summed E-state index contributed by atoms with van der Waals surface area (Å²) in [5.41, 5.74) is 1.87. The summed E-state index contributed by atoms with van der Waals surface area (Å²) in [6, 6.07) is 0. The first kappa shape index (κ1) is 15.6. The highest BCUT2D eigenvalue weighted by molar-refractivity contribution is 6.05. The third-order valence-electron chi connectivity index (χ3n) is 8.53. The molecule has 4 aliphatic carbocycles. The zero-order valence-corrected chi connectivity index (χ0v) is 14.8. The minimum Gasteiger partial charge on any atom is -0.390 e. The fourth-order valence-electron chi connectivity index (χ4n) is 6.84. The van der Waals surface area contributed by atoms with E-state index in [2.05, 4.69) is 27.4 Å². The molecule has 0 amide bonds. The van der Waals surface area contributed by atoms with Crippen molar-refractivity contribution >= 4 is 5.78 Å². The van der Waals surface area contributed by atoms with Crippen molar-refractivity contribution in [3.8, 4) is 0 Å². The second-order valence-electron chi connectivity index (χ2n) is 9.42. The molecule has 126 valence electrons. The molecule has 23 heavy (non-hydrogen) atoms. The van der Waals surface area contributed by atoms with Crippen LogP contribution < -0.4 is 0 Å². The average Bonchev–Trinajstić information content (AvgIpc) is 2.71. The van der Waals surface area contributed by atoms with Crippen LogP contribution in [0.5, 0.6) is 0 Å². The molecular weight excluding hydrogens is 284 g/mol. The second-order valence-corrected chi connectivity index (χ2v) is 9.42. The Kier molecular flexibility index (Phi) is 3.12. The quantitative estimate of drug-likeness (QED) is 0.671. The summed E-state index contributed by atoms with van der Waals surface area (Å²) in [5.74, 6) is 2.14. The zero-order chi connectivity index (χ0) is 16.6. The van der Waals surface area contributed by atoms with E-state index in [-0.39, 0.29) is 16.6 Å². The molecule has 1 N–H and O–H groups in total. The van der Waals surface area contributed by atoms with Crippen molar-refractivity contribution in [1.29, 1.82) is 0 Å². The van der Waals surface area contributed by atoms with Crippen LogP contribution in [-0.4, -0.2) is 16.5 Å². The van der Waals surface area contributed by atoms with Crippen LogP contribution in [0.25, 0.3) is 0 Å². The Morgan fingerprint density at radius 3 is 2.57 bits per heavy atom. The van der Waals surface area contributed by atoms with Gasteiger partial charge in [-0.05, 0) is 92.1 Å². The van der Waals surface area contributed by atoms with Gasteiger partial charge in [-0.3, -0.25) is 4.79 Å². The Morgan fingerprint density at radius 2 is 1.83 bits per heavy atom. The molecule has 3 fully saturated rings. The minimum absolute atomic E-state index is 0.0766. The standard InChI is InChI=1S/C21H30O2/c1-13-12-19(2)14(11-18(13)22)5-6-15-16(19)7-9-20(3)17(15)8-10-21(20,4)23/h11,15-17,23H,1,5-10,12H2,2-4H3/t15-,16-,17-,19+,20-,21-/m0/s1. The lowest BCUT2D eigenvalue weighted by Crippen LogP contribution is -2.54. The molecule has 0 spiro atoms. The molecule has 2 heteroatoms. The predicted molar refractivity (Wildman–Crippen MR) is 91.9 cm³/mol. The molecule has 0 radical (unpaired) electrons. The van der Waals surface area contributed by atoms with Gasteiger partial charge in [0, 0.05) is 0 Å². The van der Waals surface area contributed by atoms with Crippen LogP contribution in [0.3, 0.4) is 0 Å². The highest BCUT2D eigenvalue weighted by atomic mass is 16.3. The van der Waals surface area contributed by atoms with E-state index in [1.54, 1.807) is 0 Å². The van der Waals surface area contributed by atoms with Crippen molar-refractivity contribution in [2.75, 3.05) is 0 Å². The van der Waals surface area contributed by atoms with Gasteiger partial charge in [0.1, 0.15) is 0 Å². The molecule has 3 saturated carbocycles. The smallest absolute Gasteiger partial charge is 0.181 e. The van der Waals surface area contributed by atoms with E-state index < -0.39 is 5.60 Å². The maximum atomic E-state index is 12.1. The lowest BCUT2D eigenvalue weighted by molar-refractivity contribution is -0.120. The Bertz CT molecular complexity index is 613. The fraction of sp³-hybridized carbons (Fsp3) is 0.762. The van der Waals surface area contributed by atoms with Crippen molar-refractivity contribution < 1.29 is 9.90 Å². The maximum Gasteiger partial charge on any atom is 0.181 e. The second kappa shape index (κ2) is 4.59. The first-order chi connectivity index (χ1) is 10.7. The van der Waals surface area contributed by atoms with Gasteiger partial charge in [-0.25, -0.2) is 0 Å². The van der Waals surface area contributed by atoms with Crippen LogP contribution in [-0.2, 0) is 4.79 Å². The molecule has 0 unspecified atom stereocenters. The fourth-order valence-corrected chi connectivity index (χ4v) is 6.84. The van der Waals surface area contributed by atoms with E-state index in [4.69, 9.17) is 0 Å². The van der Waals surface area contributed by atoms with Gasteiger partial charge >= 0.3 is 0 Å². The van der Waals surface area contributed by atoms with Gasteiger partial charge in [0.25, 0.3) is 0 Å². The maximum absolute atomic E-state index is 12.1. The first-order valence-corrected chi connectivity index (χ1v) is 9.35. The minimum atomic E-state index is -0.508. The van der Waals surface area contributed by atoms with Crippen LogP contribution in [0.4, 0.5) is 0 Å². The Hall–Kier alpha value is -0.890. The number of rotatable bonds is 0. The van der Waals surface area contributed by atoms with E-state index in [0.29, 0.717) is 17.8 Å². The van der Waals surface area contributed by atoms with Gasteiger partial charge in [0.15, 0.2) is 5.78 Å². The molecule has 6 atom stereocenters. The van der Waals surface area contributed by atoms with Gasteiger partial charge in [0.05, 0.1) is 5.60 Å². The van der Waals surface area contributed by atoms with Gasteiger partial charge in [-0.1, -0.05) is 26.0 Å². The number of carbonyl (C=O) groups excluding carboxylic acids is 1. The van der Waals surface area contributed by atoms with Crippen LogP contribution in [0.15, 0.2) is 23.8 Å². The third-order valence-corrected chi connectivity index (χ3v) is 8.53. The van der Waals surface area contributed by atoms with Gasteiger partial charge in [0.2, 0.25) is 0 Å². The van der Waals surface area contributed by atoms with Crippen molar-refractivity contribution in [3.63, 3.8) is 0 Å². The van der Waals surface area contributed by atoms with E-state index in [0.717, 1.165) is 31.3 Å².